The second kappa shape index (κ2) is 3.64. The average Bonchev–Trinajstić information content (AvgIpc) is 2.31. The quantitative estimate of drug-likeness (QED) is 0.671. The zero-order chi connectivity index (χ0) is 10.1. The zero-order valence-corrected chi connectivity index (χ0v) is 8.58. The molecular formula is C9H18N2O2. The van der Waals surface area contributed by atoms with Gasteiger partial charge in [-0.15, -0.1) is 0 Å². The van der Waals surface area contributed by atoms with Crippen LogP contribution in [0.4, 0.5) is 0 Å². The summed E-state index contributed by atoms with van der Waals surface area (Å²) in [4.78, 5) is 11.5. The minimum absolute atomic E-state index is 0.0971. The molecular weight excluding hydrogens is 168 g/mol. The predicted octanol–water partition coefficient (Wildman–Crippen LogP) is 0.226. The van der Waals surface area contributed by atoms with Crippen LogP contribution in [0.3, 0.4) is 0 Å². The normalized spacial score (nSPS) is 20.0. The summed E-state index contributed by atoms with van der Waals surface area (Å²) in [7, 11) is 0. The van der Waals surface area contributed by atoms with E-state index in [1.165, 1.54) is 0 Å². The molecule has 0 spiro atoms. The van der Waals surface area contributed by atoms with Gasteiger partial charge in [0.15, 0.2) is 0 Å². The highest BCUT2D eigenvalue weighted by atomic mass is 16.3. The summed E-state index contributed by atoms with van der Waals surface area (Å²) in [5.74, 6) is 0.154. The van der Waals surface area contributed by atoms with Gasteiger partial charge in [-0.3, -0.25) is 9.80 Å². The van der Waals surface area contributed by atoms with Crippen LogP contribution in [0.1, 0.15) is 27.2 Å². The van der Waals surface area contributed by atoms with Crippen LogP contribution < -0.4 is 0 Å². The molecule has 4 heteroatoms. The van der Waals surface area contributed by atoms with Crippen molar-refractivity contribution in [1.82, 2.24) is 10.0 Å². The Labute approximate surface area is 79.1 Å². The third kappa shape index (κ3) is 2.19. The molecule has 0 unspecified atom stereocenters. The Bertz CT molecular complexity index is 198. The maximum Gasteiger partial charge on any atom is 0.238 e. The molecule has 1 saturated heterocycles. The summed E-state index contributed by atoms with van der Waals surface area (Å²) in [6.07, 6.45) is 0.567. The van der Waals surface area contributed by atoms with Crippen molar-refractivity contribution in [2.24, 2.45) is 0 Å². The Hall–Kier alpha value is -0.610. The van der Waals surface area contributed by atoms with E-state index in [1.54, 1.807) is 5.01 Å². The van der Waals surface area contributed by atoms with E-state index in [0.29, 0.717) is 13.0 Å². The van der Waals surface area contributed by atoms with Crippen LogP contribution in [0, 0.1) is 0 Å². The standard InChI is InChI=1S/C9H18N2O2/c1-9(2,3)11-8(13)4-5-10(11)6-7-12/h12H,4-7H2,1-3H3. The fourth-order valence-electron chi connectivity index (χ4n) is 1.71. The highest BCUT2D eigenvalue weighted by Crippen LogP contribution is 2.22. The molecule has 1 aliphatic heterocycles. The molecule has 1 fully saturated rings. The molecule has 0 aromatic rings. The molecule has 4 nitrogen and oxygen atoms in total. The lowest BCUT2D eigenvalue weighted by molar-refractivity contribution is -0.148. The van der Waals surface area contributed by atoms with Gasteiger partial charge in [-0.1, -0.05) is 0 Å². The smallest absolute Gasteiger partial charge is 0.238 e. The van der Waals surface area contributed by atoms with Crippen molar-refractivity contribution < 1.29 is 9.90 Å². The van der Waals surface area contributed by atoms with Gasteiger partial charge in [0.2, 0.25) is 5.91 Å². The summed E-state index contributed by atoms with van der Waals surface area (Å²) in [5, 5.41) is 12.5. The molecule has 1 N–H and O–H groups in total. The van der Waals surface area contributed by atoms with Crippen LogP contribution in [0.15, 0.2) is 0 Å². The fraction of sp³-hybridized carbons (Fsp3) is 0.889. The SMILES string of the molecule is CC(C)(C)N1C(=O)CCN1CCO. The first-order chi connectivity index (χ1) is 5.96. The van der Waals surface area contributed by atoms with Crippen molar-refractivity contribution in [2.75, 3.05) is 19.7 Å². The van der Waals surface area contributed by atoms with E-state index in [0.717, 1.165) is 6.54 Å². The minimum atomic E-state index is -0.178. The molecule has 76 valence electrons. The Morgan fingerprint density at radius 1 is 1.46 bits per heavy atom. The summed E-state index contributed by atoms with van der Waals surface area (Å²) in [5.41, 5.74) is -0.178. The number of rotatable bonds is 2. The van der Waals surface area contributed by atoms with E-state index in [4.69, 9.17) is 5.11 Å². The van der Waals surface area contributed by atoms with Crippen molar-refractivity contribution in [3.05, 3.63) is 0 Å². The van der Waals surface area contributed by atoms with E-state index in [2.05, 4.69) is 0 Å². The maximum atomic E-state index is 11.5. The van der Waals surface area contributed by atoms with Crippen LogP contribution in [-0.2, 0) is 4.79 Å². The predicted molar refractivity (Wildman–Crippen MR) is 49.9 cm³/mol. The first-order valence-corrected chi connectivity index (χ1v) is 4.65. The van der Waals surface area contributed by atoms with Crippen LogP contribution in [-0.4, -0.2) is 46.3 Å². The van der Waals surface area contributed by atoms with Crippen molar-refractivity contribution in [1.29, 1.82) is 0 Å². The van der Waals surface area contributed by atoms with Gasteiger partial charge in [-0.2, -0.15) is 0 Å². The number of hydrazine groups is 1. The number of hydrogen-bond acceptors (Lipinski definition) is 3. The number of carbonyl (C=O) groups excluding carboxylic acids is 1. The molecule has 0 bridgehead atoms. The third-order valence-corrected chi connectivity index (χ3v) is 2.10. The first kappa shape index (κ1) is 10.5. The highest BCUT2D eigenvalue weighted by Gasteiger charge is 2.36. The van der Waals surface area contributed by atoms with Crippen molar-refractivity contribution in [3.63, 3.8) is 0 Å². The van der Waals surface area contributed by atoms with E-state index in [1.807, 2.05) is 25.8 Å². The Morgan fingerprint density at radius 3 is 2.54 bits per heavy atom. The molecule has 13 heavy (non-hydrogen) atoms. The molecule has 1 heterocycles. The summed E-state index contributed by atoms with van der Waals surface area (Å²) < 4.78 is 0. The van der Waals surface area contributed by atoms with Gasteiger partial charge < -0.3 is 5.11 Å². The highest BCUT2D eigenvalue weighted by molar-refractivity contribution is 5.78. The maximum absolute atomic E-state index is 11.5. The van der Waals surface area contributed by atoms with Gasteiger partial charge in [0.05, 0.1) is 12.1 Å². The van der Waals surface area contributed by atoms with Gasteiger partial charge in [-0.05, 0) is 20.8 Å². The van der Waals surface area contributed by atoms with Crippen LogP contribution in [0.5, 0.6) is 0 Å². The number of β-amino-alcohol motifs (C(OH)–C–C–N with tert-alkyl or cyclic N) is 1. The van der Waals surface area contributed by atoms with Crippen LogP contribution >= 0.6 is 0 Å². The molecule has 0 atom stereocenters. The van der Waals surface area contributed by atoms with Crippen LogP contribution in [0.2, 0.25) is 0 Å². The van der Waals surface area contributed by atoms with Crippen LogP contribution in [0.25, 0.3) is 0 Å². The molecule has 1 rings (SSSR count). The Kier molecular flexibility index (Phi) is 2.93. The first-order valence-electron chi connectivity index (χ1n) is 4.65. The molecule has 0 aliphatic carbocycles. The molecule has 1 amide bonds. The number of carbonyl (C=O) groups is 1. The second-order valence-electron chi connectivity index (χ2n) is 4.30. The fourth-order valence-corrected chi connectivity index (χ4v) is 1.71. The van der Waals surface area contributed by atoms with Gasteiger partial charge in [0.25, 0.3) is 0 Å². The van der Waals surface area contributed by atoms with Gasteiger partial charge in [0, 0.05) is 19.5 Å². The third-order valence-electron chi connectivity index (χ3n) is 2.10. The van der Waals surface area contributed by atoms with Crippen molar-refractivity contribution in [3.8, 4) is 0 Å². The lowest BCUT2D eigenvalue weighted by atomic mass is 10.1. The number of amides is 1. The van der Waals surface area contributed by atoms with Gasteiger partial charge >= 0.3 is 0 Å². The number of aliphatic hydroxyl groups excluding tert-OH is 1. The number of nitrogens with zero attached hydrogens (tertiary/aromatic N) is 2. The minimum Gasteiger partial charge on any atom is -0.395 e. The van der Waals surface area contributed by atoms with E-state index < -0.39 is 0 Å². The summed E-state index contributed by atoms with van der Waals surface area (Å²) in [6.45, 7) is 7.38. The average molecular weight is 186 g/mol. The lowest BCUT2D eigenvalue weighted by Gasteiger charge is -2.38. The van der Waals surface area contributed by atoms with Gasteiger partial charge in [-0.25, -0.2) is 5.01 Å². The topological polar surface area (TPSA) is 43.8 Å². The largest absolute Gasteiger partial charge is 0.395 e. The lowest BCUT2D eigenvalue weighted by Crippen LogP contribution is -2.51. The number of aliphatic hydroxyl groups is 1. The molecule has 0 radical (unpaired) electrons. The van der Waals surface area contributed by atoms with E-state index in [9.17, 15) is 4.79 Å². The summed E-state index contributed by atoms with van der Waals surface area (Å²) >= 11 is 0. The van der Waals surface area contributed by atoms with Gasteiger partial charge in [0.1, 0.15) is 0 Å². The number of hydrogen-bond donors (Lipinski definition) is 1. The van der Waals surface area contributed by atoms with E-state index in [-0.39, 0.29) is 18.1 Å². The molecule has 1 aliphatic rings. The Morgan fingerprint density at radius 2 is 2.08 bits per heavy atom. The second-order valence-corrected chi connectivity index (χ2v) is 4.30. The molecule has 0 saturated carbocycles. The van der Waals surface area contributed by atoms with Crippen molar-refractivity contribution in [2.45, 2.75) is 32.7 Å². The molecule has 0 aromatic carbocycles. The van der Waals surface area contributed by atoms with E-state index >= 15 is 0 Å². The van der Waals surface area contributed by atoms with Crippen molar-refractivity contribution >= 4 is 5.91 Å². The zero-order valence-electron chi connectivity index (χ0n) is 8.58. The molecule has 0 aromatic heterocycles. The Balaban J connectivity index is 2.71. The summed E-state index contributed by atoms with van der Waals surface area (Å²) in [6, 6.07) is 0. The monoisotopic (exact) mass is 186 g/mol.